The Kier molecular flexibility index (Phi) is 3.86. The van der Waals surface area contributed by atoms with Crippen LogP contribution >= 0.6 is 0 Å². The molecule has 1 aromatic rings. The van der Waals surface area contributed by atoms with Crippen LogP contribution in [0.3, 0.4) is 0 Å². The number of carbonyl (C=O) groups is 1. The molecule has 0 aliphatic carbocycles. The number of amides is 1. The van der Waals surface area contributed by atoms with E-state index in [1.165, 1.54) is 11.1 Å². The van der Waals surface area contributed by atoms with Gasteiger partial charge in [-0.3, -0.25) is 9.69 Å². The highest BCUT2D eigenvalue weighted by atomic mass is 16.1. The molecule has 1 rings (SSSR count). The first-order valence-electron chi connectivity index (χ1n) is 5.06. The lowest BCUT2D eigenvalue weighted by molar-refractivity contribution is -0.122. The molecule has 0 bridgehead atoms. The minimum Gasteiger partial charge on any atom is -0.368 e. The summed E-state index contributed by atoms with van der Waals surface area (Å²) in [4.78, 5) is 12.9. The fourth-order valence-electron chi connectivity index (χ4n) is 1.45. The summed E-state index contributed by atoms with van der Waals surface area (Å²) in [7, 11) is 1.90. The fourth-order valence-corrected chi connectivity index (χ4v) is 1.45. The molecule has 1 aromatic carbocycles. The maximum Gasteiger partial charge on any atom is 0.234 e. The molecule has 0 radical (unpaired) electrons. The number of hydrogen-bond acceptors (Lipinski definition) is 2. The van der Waals surface area contributed by atoms with Crippen molar-refractivity contribution in [3.05, 3.63) is 35.4 Å². The molecule has 1 atom stereocenters. The van der Waals surface area contributed by atoms with E-state index in [9.17, 15) is 4.79 Å². The van der Waals surface area contributed by atoms with Crippen LogP contribution in [0.5, 0.6) is 0 Å². The smallest absolute Gasteiger partial charge is 0.234 e. The molecule has 0 spiro atoms. The molecule has 15 heavy (non-hydrogen) atoms. The number of benzene rings is 1. The van der Waals surface area contributed by atoms with Gasteiger partial charge < -0.3 is 5.73 Å². The van der Waals surface area contributed by atoms with Gasteiger partial charge in [0, 0.05) is 6.54 Å². The van der Waals surface area contributed by atoms with Crippen LogP contribution in [0.4, 0.5) is 0 Å². The summed E-state index contributed by atoms with van der Waals surface area (Å²) < 4.78 is 0. The molecule has 0 aliphatic rings. The highest BCUT2D eigenvalue weighted by Gasteiger charge is 2.14. The molecule has 2 N–H and O–H groups in total. The van der Waals surface area contributed by atoms with Crippen molar-refractivity contribution < 1.29 is 4.79 Å². The maximum absolute atomic E-state index is 11.0. The van der Waals surface area contributed by atoms with Gasteiger partial charge in [0.1, 0.15) is 0 Å². The molecule has 1 unspecified atom stereocenters. The van der Waals surface area contributed by atoms with E-state index in [1.54, 1.807) is 0 Å². The van der Waals surface area contributed by atoms with Crippen molar-refractivity contribution in [1.82, 2.24) is 4.90 Å². The normalized spacial score (nSPS) is 12.8. The van der Waals surface area contributed by atoms with Gasteiger partial charge in [0.05, 0.1) is 6.04 Å². The van der Waals surface area contributed by atoms with E-state index in [2.05, 4.69) is 25.1 Å². The summed E-state index contributed by atoms with van der Waals surface area (Å²) in [5, 5.41) is 0. The van der Waals surface area contributed by atoms with Crippen molar-refractivity contribution in [2.45, 2.75) is 26.4 Å². The molecule has 0 aromatic heterocycles. The zero-order valence-corrected chi connectivity index (χ0v) is 9.53. The average Bonchev–Trinajstić information content (AvgIpc) is 2.16. The van der Waals surface area contributed by atoms with Crippen LogP contribution in [0, 0.1) is 6.92 Å². The van der Waals surface area contributed by atoms with Gasteiger partial charge >= 0.3 is 0 Å². The molecule has 0 aliphatic heterocycles. The number of rotatable bonds is 4. The zero-order chi connectivity index (χ0) is 11.4. The summed E-state index contributed by atoms with van der Waals surface area (Å²) in [6, 6.07) is 8.01. The van der Waals surface area contributed by atoms with E-state index >= 15 is 0 Å². The second-order valence-electron chi connectivity index (χ2n) is 3.98. The fraction of sp³-hybridized carbons (Fsp3) is 0.417. The van der Waals surface area contributed by atoms with Gasteiger partial charge in [-0.1, -0.05) is 29.8 Å². The second-order valence-corrected chi connectivity index (χ2v) is 3.98. The van der Waals surface area contributed by atoms with Gasteiger partial charge in [-0.2, -0.15) is 0 Å². The number of carbonyl (C=O) groups excluding carboxylic acids is 1. The molecule has 3 nitrogen and oxygen atoms in total. The van der Waals surface area contributed by atoms with Crippen molar-refractivity contribution in [2.24, 2.45) is 5.73 Å². The summed E-state index contributed by atoms with van der Waals surface area (Å²) in [5.74, 6) is -0.287. The lowest BCUT2D eigenvalue weighted by Crippen LogP contribution is -2.39. The van der Waals surface area contributed by atoms with Crippen molar-refractivity contribution in [2.75, 3.05) is 7.05 Å². The number of nitrogens with zero attached hydrogens (tertiary/aromatic N) is 1. The van der Waals surface area contributed by atoms with E-state index in [0.29, 0.717) is 0 Å². The van der Waals surface area contributed by atoms with Crippen LogP contribution in [0.2, 0.25) is 0 Å². The minimum absolute atomic E-state index is 0.231. The standard InChI is InChI=1S/C12H18N2O/c1-9-5-4-6-11(7-9)8-14(3)10(2)12(13)15/h4-7,10H,8H2,1-3H3,(H2,13,15). The number of likely N-dealkylation sites (N-methyl/N-ethyl adjacent to an activating group) is 1. The predicted molar refractivity (Wildman–Crippen MR) is 61.3 cm³/mol. The molecule has 82 valence electrons. The second kappa shape index (κ2) is 4.94. The molecule has 0 heterocycles. The predicted octanol–water partition coefficient (Wildman–Crippen LogP) is 1.30. The van der Waals surface area contributed by atoms with E-state index in [0.717, 1.165) is 6.54 Å². The molecule has 0 saturated heterocycles. The molecular weight excluding hydrogens is 188 g/mol. The Morgan fingerprint density at radius 1 is 1.53 bits per heavy atom. The van der Waals surface area contributed by atoms with Crippen LogP contribution in [0.25, 0.3) is 0 Å². The molecule has 3 heteroatoms. The van der Waals surface area contributed by atoms with E-state index in [1.807, 2.05) is 24.9 Å². The summed E-state index contributed by atoms with van der Waals surface area (Å²) in [6.07, 6.45) is 0. The molecule has 0 fully saturated rings. The summed E-state index contributed by atoms with van der Waals surface area (Å²) in [6.45, 7) is 4.62. The monoisotopic (exact) mass is 206 g/mol. The Bertz CT molecular complexity index is 349. The minimum atomic E-state index is -0.287. The Hall–Kier alpha value is -1.35. The van der Waals surface area contributed by atoms with E-state index < -0.39 is 0 Å². The Labute approximate surface area is 90.9 Å². The van der Waals surface area contributed by atoms with Gasteiger partial charge in [0.25, 0.3) is 0 Å². The van der Waals surface area contributed by atoms with Crippen LogP contribution in [0.1, 0.15) is 18.1 Å². The largest absolute Gasteiger partial charge is 0.368 e. The van der Waals surface area contributed by atoms with Gasteiger partial charge in [-0.25, -0.2) is 0 Å². The molecule has 0 saturated carbocycles. The van der Waals surface area contributed by atoms with Crippen molar-refractivity contribution in [3.63, 3.8) is 0 Å². The van der Waals surface area contributed by atoms with Crippen molar-refractivity contribution in [3.8, 4) is 0 Å². The average molecular weight is 206 g/mol. The van der Waals surface area contributed by atoms with Gasteiger partial charge in [-0.05, 0) is 26.5 Å². The van der Waals surface area contributed by atoms with Crippen LogP contribution in [-0.2, 0) is 11.3 Å². The third-order valence-corrected chi connectivity index (χ3v) is 2.59. The van der Waals surface area contributed by atoms with Gasteiger partial charge in [-0.15, -0.1) is 0 Å². The first kappa shape index (κ1) is 11.7. The first-order chi connectivity index (χ1) is 7.00. The number of nitrogens with two attached hydrogens (primary N) is 1. The van der Waals surface area contributed by atoms with Crippen LogP contribution in [-0.4, -0.2) is 23.9 Å². The summed E-state index contributed by atoms with van der Waals surface area (Å²) >= 11 is 0. The Morgan fingerprint density at radius 3 is 2.73 bits per heavy atom. The Balaban J connectivity index is 2.66. The lowest BCUT2D eigenvalue weighted by Gasteiger charge is -2.21. The van der Waals surface area contributed by atoms with E-state index in [4.69, 9.17) is 5.73 Å². The SMILES string of the molecule is Cc1cccc(CN(C)C(C)C(N)=O)c1. The highest BCUT2D eigenvalue weighted by Crippen LogP contribution is 2.08. The Morgan fingerprint density at radius 2 is 2.20 bits per heavy atom. The third-order valence-electron chi connectivity index (χ3n) is 2.59. The van der Waals surface area contributed by atoms with Crippen molar-refractivity contribution in [1.29, 1.82) is 0 Å². The van der Waals surface area contributed by atoms with E-state index in [-0.39, 0.29) is 11.9 Å². The molecule has 1 amide bonds. The maximum atomic E-state index is 11.0. The summed E-state index contributed by atoms with van der Waals surface area (Å²) in [5.41, 5.74) is 7.67. The number of hydrogen-bond donors (Lipinski definition) is 1. The van der Waals surface area contributed by atoms with Gasteiger partial charge in [0.2, 0.25) is 5.91 Å². The van der Waals surface area contributed by atoms with Crippen molar-refractivity contribution >= 4 is 5.91 Å². The topological polar surface area (TPSA) is 46.3 Å². The lowest BCUT2D eigenvalue weighted by atomic mass is 10.1. The quantitative estimate of drug-likeness (QED) is 0.807. The molecular formula is C12H18N2O. The highest BCUT2D eigenvalue weighted by molar-refractivity contribution is 5.79. The van der Waals surface area contributed by atoms with Crippen LogP contribution < -0.4 is 5.73 Å². The third kappa shape index (κ3) is 3.36. The number of aryl methyl sites for hydroxylation is 1. The number of primary amides is 1. The van der Waals surface area contributed by atoms with Crippen LogP contribution in [0.15, 0.2) is 24.3 Å². The zero-order valence-electron chi connectivity index (χ0n) is 9.53. The van der Waals surface area contributed by atoms with Gasteiger partial charge in [0.15, 0.2) is 0 Å². The first-order valence-corrected chi connectivity index (χ1v) is 5.06.